The average Bonchev–Trinajstić information content (AvgIpc) is 3.79. The zero-order valence-corrected chi connectivity index (χ0v) is 39.9. The van der Waals surface area contributed by atoms with Crippen LogP contribution in [0.5, 0.6) is 0 Å². The molecule has 0 spiro atoms. The molecular weight excluding hydrogens is 817 g/mol. The highest BCUT2D eigenvalue weighted by atomic mass is 16.6. The summed E-state index contributed by atoms with van der Waals surface area (Å²) < 4.78 is 21.9. The maximum absolute atomic E-state index is 13.4. The molecule has 4 fully saturated rings. The molecule has 2 aromatic heterocycles. The molecule has 6 aliphatic heterocycles. The molecule has 10 rings (SSSR count). The third kappa shape index (κ3) is 10.3. The number of piperidine rings is 2. The Morgan fingerprint density at radius 1 is 0.631 bits per heavy atom. The summed E-state index contributed by atoms with van der Waals surface area (Å²) in [6.45, 7) is 22.3. The minimum Gasteiger partial charge on any atom is -0.444 e. The fraction of sp³-hybridized carbons (Fsp3) is 0.642. The first kappa shape index (κ1) is 45.8. The number of likely N-dealkylation sites (tertiary alicyclic amines) is 2. The summed E-state index contributed by atoms with van der Waals surface area (Å²) in [6, 6.07) is 12.6. The Labute approximate surface area is 386 Å². The second-order valence-corrected chi connectivity index (χ2v) is 21.2. The van der Waals surface area contributed by atoms with Gasteiger partial charge in [0.05, 0.1) is 6.54 Å². The van der Waals surface area contributed by atoms with E-state index in [0.29, 0.717) is 30.8 Å². The highest BCUT2D eigenvalue weighted by Crippen LogP contribution is 2.36. The first-order valence-corrected chi connectivity index (χ1v) is 25.1. The van der Waals surface area contributed by atoms with Crippen molar-refractivity contribution in [2.75, 3.05) is 65.7 Å². The molecular formula is C53H74N6O6. The summed E-state index contributed by atoms with van der Waals surface area (Å²) >= 11 is 0. The molecule has 12 nitrogen and oxygen atoms in total. The monoisotopic (exact) mass is 891 g/mol. The van der Waals surface area contributed by atoms with Crippen LogP contribution >= 0.6 is 0 Å². The summed E-state index contributed by atoms with van der Waals surface area (Å²) in [5.74, 6) is 3.01. The van der Waals surface area contributed by atoms with Crippen LogP contribution in [-0.2, 0) is 53.2 Å². The van der Waals surface area contributed by atoms with Gasteiger partial charge in [-0.1, -0.05) is 13.8 Å². The van der Waals surface area contributed by atoms with E-state index in [1.165, 1.54) is 33.4 Å². The van der Waals surface area contributed by atoms with Crippen LogP contribution < -0.4 is 5.32 Å². The topological polar surface area (TPSA) is 111 Å². The van der Waals surface area contributed by atoms with E-state index in [2.05, 4.69) is 58.6 Å². The number of carbonyl (C=O) groups excluding carboxylic acids is 3. The summed E-state index contributed by atoms with van der Waals surface area (Å²) in [4.78, 5) is 45.3. The van der Waals surface area contributed by atoms with Crippen molar-refractivity contribution < 1.29 is 28.6 Å². The zero-order valence-electron chi connectivity index (χ0n) is 39.9. The van der Waals surface area contributed by atoms with Gasteiger partial charge in [-0.2, -0.15) is 0 Å². The van der Waals surface area contributed by atoms with Crippen molar-refractivity contribution >= 4 is 39.7 Å². The van der Waals surface area contributed by atoms with Crippen molar-refractivity contribution in [1.29, 1.82) is 0 Å². The molecule has 8 heterocycles. The minimum atomic E-state index is -0.528. The van der Waals surface area contributed by atoms with Crippen molar-refractivity contribution in [3.8, 4) is 0 Å². The highest BCUT2D eigenvalue weighted by molar-refractivity contribution is 6.00. The van der Waals surface area contributed by atoms with Crippen LogP contribution in [0, 0.1) is 23.7 Å². The number of hydrogen-bond donors (Lipinski definition) is 1. The van der Waals surface area contributed by atoms with Gasteiger partial charge in [-0.25, -0.2) is 4.79 Å². The molecule has 0 unspecified atom stereocenters. The molecule has 0 atom stereocenters. The number of aromatic nitrogens is 2. The first-order chi connectivity index (χ1) is 31.4. The molecule has 3 amide bonds. The zero-order chi connectivity index (χ0) is 45.2. The van der Waals surface area contributed by atoms with Gasteiger partial charge < -0.3 is 43.4 Å². The molecule has 1 N–H and O–H groups in total. The van der Waals surface area contributed by atoms with Gasteiger partial charge in [-0.15, -0.1) is 0 Å². The lowest BCUT2D eigenvalue weighted by molar-refractivity contribution is 0.0222. The van der Waals surface area contributed by atoms with Crippen LogP contribution in [0.4, 0.5) is 4.79 Å². The van der Waals surface area contributed by atoms with Gasteiger partial charge in [-0.3, -0.25) is 9.59 Å². The Hall–Kier alpha value is -4.39. The number of ether oxygens (including phenoxy) is 3. The molecule has 6 aliphatic rings. The Morgan fingerprint density at radius 2 is 1.11 bits per heavy atom. The minimum absolute atomic E-state index is 0.120. The van der Waals surface area contributed by atoms with Gasteiger partial charge in [-0.05, 0) is 138 Å². The van der Waals surface area contributed by atoms with Crippen molar-refractivity contribution in [2.24, 2.45) is 23.7 Å². The number of benzene rings is 2. The lowest BCUT2D eigenvalue weighted by atomic mass is 9.98. The maximum atomic E-state index is 13.4. The van der Waals surface area contributed by atoms with Gasteiger partial charge in [0.15, 0.2) is 0 Å². The number of nitrogens with zero attached hydrogens (tertiary/aromatic N) is 5. The smallest absolute Gasteiger partial charge is 0.410 e. The normalized spacial score (nSPS) is 20.7. The van der Waals surface area contributed by atoms with Crippen LogP contribution in [0.3, 0.4) is 0 Å². The Morgan fingerprint density at radius 3 is 1.60 bits per heavy atom. The van der Waals surface area contributed by atoms with Gasteiger partial charge in [0, 0.05) is 148 Å². The van der Waals surface area contributed by atoms with Crippen LogP contribution in [-0.4, -0.2) is 113 Å². The van der Waals surface area contributed by atoms with Crippen LogP contribution in [0.15, 0.2) is 36.4 Å². The van der Waals surface area contributed by atoms with Crippen LogP contribution in [0.2, 0.25) is 0 Å². The van der Waals surface area contributed by atoms with E-state index in [9.17, 15) is 14.4 Å². The lowest BCUT2D eigenvalue weighted by Crippen LogP contribution is -2.40. The average molecular weight is 891 g/mol. The number of rotatable bonds is 6. The van der Waals surface area contributed by atoms with Crippen molar-refractivity contribution in [2.45, 2.75) is 131 Å². The van der Waals surface area contributed by atoms with Gasteiger partial charge in [0.2, 0.25) is 0 Å². The summed E-state index contributed by atoms with van der Waals surface area (Å²) in [7, 11) is 0. The van der Waals surface area contributed by atoms with E-state index in [4.69, 9.17) is 14.2 Å². The first-order valence-electron chi connectivity index (χ1n) is 25.1. The van der Waals surface area contributed by atoms with E-state index < -0.39 is 5.60 Å². The van der Waals surface area contributed by atoms with E-state index in [1.54, 1.807) is 0 Å². The Bertz CT molecular complexity index is 2330. The van der Waals surface area contributed by atoms with Crippen LogP contribution in [0.25, 0.3) is 21.8 Å². The standard InChI is InChI=1S/C29H41N3O4.C24H33N3O2/c1-20-7-12-30(13-8-20)27(33)22-5-6-25-23(17-22)24-19-31(28(34)36-29(2,3)4)14-9-26(24)32(25)18-21-10-15-35-16-11-21;1-17-5-10-26(11-6-17)24(28)19-2-3-22-20(14-19)21-15-25-9-4-23(21)27(22)16-18-7-12-29-13-8-18/h5-6,17,20-21H,7-16,18-19H2,1-4H3;2-3,14,17-18,25H,4-13,15-16H2,1H3. The third-order valence-electron chi connectivity index (χ3n) is 15.2. The number of nitrogens with one attached hydrogen (secondary N) is 1. The third-order valence-corrected chi connectivity index (χ3v) is 15.2. The molecule has 2 aromatic carbocycles. The van der Waals surface area contributed by atoms with E-state index >= 15 is 0 Å². The summed E-state index contributed by atoms with van der Waals surface area (Å²) in [5.41, 5.74) is 8.88. The van der Waals surface area contributed by atoms with Gasteiger partial charge in [0.1, 0.15) is 5.60 Å². The molecule has 65 heavy (non-hydrogen) atoms. The van der Waals surface area contributed by atoms with Crippen molar-refractivity contribution in [1.82, 2.24) is 29.2 Å². The number of fused-ring (bicyclic) bond motifs is 6. The lowest BCUT2D eigenvalue weighted by Gasteiger charge is -2.31. The number of amides is 3. The SMILES string of the molecule is CC1CCN(C(=O)c2ccc3c(c2)c2c(n3CC3CCOCC3)CCN(C(=O)OC(C)(C)C)C2)CC1.CC1CCN(C(=O)c2ccc3c(c2)c2c(n3CC3CCOCC3)CCNC2)CC1. The number of hydrogen-bond acceptors (Lipinski definition) is 7. The molecule has 352 valence electrons. The summed E-state index contributed by atoms with van der Waals surface area (Å²) in [5, 5.41) is 5.91. The van der Waals surface area contributed by atoms with Crippen molar-refractivity contribution in [3.63, 3.8) is 0 Å². The van der Waals surface area contributed by atoms with E-state index in [1.807, 2.05) is 41.5 Å². The molecule has 0 aliphatic carbocycles. The van der Waals surface area contributed by atoms with Gasteiger partial charge >= 0.3 is 6.09 Å². The predicted octanol–water partition coefficient (Wildman–Crippen LogP) is 8.82. The van der Waals surface area contributed by atoms with Gasteiger partial charge in [0.25, 0.3) is 11.8 Å². The molecule has 0 bridgehead atoms. The fourth-order valence-corrected chi connectivity index (χ4v) is 11.2. The molecule has 4 aromatic rings. The molecule has 0 radical (unpaired) electrons. The molecule has 12 heteroatoms. The Balaban J connectivity index is 0.000000168. The number of carbonyl (C=O) groups is 3. The second kappa shape index (κ2) is 19.8. The molecule has 0 saturated carbocycles. The van der Waals surface area contributed by atoms with E-state index in [-0.39, 0.29) is 17.9 Å². The molecule has 4 saturated heterocycles. The predicted molar refractivity (Wildman–Crippen MR) is 255 cm³/mol. The maximum Gasteiger partial charge on any atom is 0.410 e. The largest absolute Gasteiger partial charge is 0.444 e. The quantitative estimate of drug-likeness (QED) is 0.206. The second-order valence-electron chi connectivity index (χ2n) is 21.2. The Kier molecular flexibility index (Phi) is 14.0. The van der Waals surface area contributed by atoms with E-state index in [0.717, 1.165) is 171 Å². The van der Waals surface area contributed by atoms with Crippen molar-refractivity contribution in [3.05, 3.63) is 70.0 Å². The summed E-state index contributed by atoms with van der Waals surface area (Å²) in [6.07, 6.45) is 10.4. The fourth-order valence-electron chi connectivity index (χ4n) is 11.2. The highest BCUT2D eigenvalue weighted by Gasteiger charge is 2.32. The van der Waals surface area contributed by atoms with Crippen LogP contribution in [0.1, 0.15) is 129 Å².